The van der Waals surface area contributed by atoms with Crippen molar-refractivity contribution in [2.24, 2.45) is 0 Å². The van der Waals surface area contributed by atoms with Gasteiger partial charge in [0.1, 0.15) is 10.8 Å². The normalized spacial score (nSPS) is 9.85. The number of rotatable bonds is 3. The fourth-order valence-electron chi connectivity index (χ4n) is 0.863. The van der Waals surface area contributed by atoms with Gasteiger partial charge < -0.3 is 10.1 Å². The predicted molar refractivity (Wildman–Crippen MR) is 55.0 cm³/mol. The summed E-state index contributed by atoms with van der Waals surface area (Å²) in [4.78, 5) is 4.08. The van der Waals surface area contributed by atoms with Crippen LogP contribution in [0.25, 0.3) is 0 Å². The third-order valence-corrected chi connectivity index (χ3v) is 1.97. The second kappa shape index (κ2) is 4.53. The number of anilines is 1. The zero-order chi connectivity index (χ0) is 9.84. The van der Waals surface area contributed by atoms with Crippen molar-refractivity contribution in [1.82, 2.24) is 4.98 Å². The molecule has 0 unspecified atom stereocenters. The van der Waals surface area contributed by atoms with E-state index < -0.39 is 0 Å². The fraction of sp³-hybridized carbons (Fsp3) is 0.375. The monoisotopic (exact) mass is 220 g/mol. The molecule has 72 valence electrons. The van der Waals surface area contributed by atoms with Gasteiger partial charge in [0.05, 0.1) is 11.6 Å². The molecule has 0 saturated carbocycles. The SMILES string of the molecule is CCOc1nc(NC)c(Cl)cc1Cl. The van der Waals surface area contributed by atoms with Crippen LogP contribution in [-0.4, -0.2) is 18.6 Å². The molecule has 1 aromatic heterocycles. The number of nitrogens with zero attached hydrogens (tertiary/aromatic N) is 1. The Kier molecular flexibility index (Phi) is 3.63. The van der Waals surface area contributed by atoms with Crippen LogP contribution in [0, 0.1) is 0 Å². The topological polar surface area (TPSA) is 34.1 Å². The van der Waals surface area contributed by atoms with Gasteiger partial charge in [-0.3, -0.25) is 0 Å². The number of hydrogen-bond donors (Lipinski definition) is 1. The maximum Gasteiger partial charge on any atom is 0.234 e. The van der Waals surface area contributed by atoms with E-state index in [1.165, 1.54) is 0 Å². The molecule has 1 aromatic rings. The fourth-order valence-corrected chi connectivity index (χ4v) is 1.37. The van der Waals surface area contributed by atoms with Crippen molar-refractivity contribution in [3.63, 3.8) is 0 Å². The highest BCUT2D eigenvalue weighted by molar-refractivity contribution is 6.36. The summed E-state index contributed by atoms with van der Waals surface area (Å²) in [7, 11) is 1.73. The Morgan fingerprint density at radius 3 is 2.69 bits per heavy atom. The van der Waals surface area contributed by atoms with Crippen LogP contribution in [0.4, 0.5) is 5.82 Å². The number of pyridine rings is 1. The molecule has 0 aliphatic carbocycles. The summed E-state index contributed by atoms with van der Waals surface area (Å²) in [5.41, 5.74) is 0. The molecular formula is C8H10Cl2N2O. The van der Waals surface area contributed by atoms with Gasteiger partial charge in [0, 0.05) is 7.05 Å². The molecular weight excluding hydrogens is 211 g/mol. The molecule has 1 N–H and O–H groups in total. The number of halogens is 2. The Morgan fingerprint density at radius 1 is 1.46 bits per heavy atom. The number of aromatic nitrogens is 1. The van der Waals surface area contributed by atoms with E-state index in [1.807, 2.05) is 6.92 Å². The third-order valence-electron chi connectivity index (χ3n) is 1.42. The quantitative estimate of drug-likeness (QED) is 0.851. The van der Waals surface area contributed by atoms with E-state index in [2.05, 4.69) is 10.3 Å². The van der Waals surface area contributed by atoms with Crippen LogP contribution < -0.4 is 10.1 Å². The molecule has 13 heavy (non-hydrogen) atoms. The lowest BCUT2D eigenvalue weighted by molar-refractivity contribution is 0.327. The molecule has 0 aliphatic rings. The lowest BCUT2D eigenvalue weighted by atomic mass is 10.4. The zero-order valence-corrected chi connectivity index (χ0v) is 8.91. The first-order valence-corrected chi connectivity index (χ1v) is 4.61. The van der Waals surface area contributed by atoms with E-state index in [4.69, 9.17) is 27.9 Å². The van der Waals surface area contributed by atoms with Gasteiger partial charge >= 0.3 is 0 Å². The van der Waals surface area contributed by atoms with Crippen LogP contribution >= 0.6 is 23.2 Å². The third kappa shape index (κ3) is 2.39. The van der Waals surface area contributed by atoms with Gasteiger partial charge in [0.25, 0.3) is 0 Å². The Labute approximate surface area is 87.0 Å². The van der Waals surface area contributed by atoms with Crippen LogP contribution in [0.15, 0.2) is 6.07 Å². The van der Waals surface area contributed by atoms with Gasteiger partial charge in [-0.25, -0.2) is 0 Å². The average molecular weight is 221 g/mol. The molecule has 3 nitrogen and oxygen atoms in total. The zero-order valence-electron chi connectivity index (χ0n) is 7.40. The van der Waals surface area contributed by atoms with E-state index in [1.54, 1.807) is 13.1 Å². The van der Waals surface area contributed by atoms with Crippen molar-refractivity contribution < 1.29 is 4.74 Å². The molecule has 0 amide bonds. The lowest BCUT2D eigenvalue weighted by Gasteiger charge is -2.08. The number of nitrogens with one attached hydrogen (secondary N) is 1. The van der Waals surface area contributed by atoms with E-state index in [-0.39, 0.29) is 0 Å². The molecule has 0 aliphatic heterocycles. The standard InChI is InChI=1S/C8H10Cl2N2O/c1-3-13-8-6(10)4-5(9)7(11-2)12-8/h4H,3H2,1-2H3,(H,11,12). The first kappa shape index (κ1) is 10.4. The smallest absolute Gasteiger partial charge is 0.234 e. The summed E-state index contributed by atoms with van der Waals surface area (Å²) in [6, 6.07) is 1.60. The van der Waals surface area contributed by atoms with Crippen molar-refractivity contribution in [1.29, 1.82) is 0 Å². The molecule has 0 fully saturated rings. The van der Waals surface area contributed by atoms with E-state index in [9.17, 15) is 0 Å². The van der Waals surface area contributed by atoms with Crippen LogP contribution in [0.2, 0.25) is 10.0 Å². The van der Waals surface area contributed by atoms with Crippen molar-refractivity contribution in [2.45, 2.75) is 6.92 Å². The molecule has 5 heteroatoms. The van der Waals surface area contributed by atoms with E-state index in [0.717, 1.165) is 0 Å². The largest absolute Gasteiger partial charge is 0.477 e. The van der Waals surface area contributed by atoms with Crippen molar-refractivity contribution >= 4 is 29.0 Å². The molecule has 0 aromatic carbocycles. The van der Waals surface area contributed by atoms with Crippen LogP contribution in [0.1, 0.15) is 6.92 Å². The van der Waals surface area contributed by atoms with Gasteiger partial charge in [0.2, 0.25) is 5.88 Å². The summed E-state index contributed by atoms with van der Waals surface area (Å²) >= 11 is 11.7. The van der Waals surface area contributed by atoms with E-state index in [0.29, 0.717) is 28.3 Å². The molecule has 1 heterocycles. The minimum atomic E-state index is 0.401. The Hall–Kier alpha value is -0.670. The van der Waals surface area contributed by atoms with Crippen LogP contribution in [-0.2, 0) is 0 Å². The molecule has 0 spiro atoms. The summed E-state index contributed by atoms with van der Waals surface area (Å²) in [5.74, 6) is 0.965. The molecule has 0 atom stereocenters. The van der Waals surface area contributed by atoms with Gasteiger partial charge in [-0.15, -0.1) is 0 Å². The van der Waals surface area contributed by atoms with E-state index >= 15 is 0 Å². The number of ether oxygens (including phenoxy) is 1. The second-order valence-electron chi connectivity index (χ2n) is 2.29. The Morgan fingerprint density at radius 2 is 2.15 bits per heavy atom. The van der Waals surface area contributed by atoms with Crippen molar-refractivity contribution in [3.05, 3.63) is 16.1 Å². The van der Waals surface area contributed by atoms with Crippen LogP contribution in [0.3, 0.4) is 0 Å². The average Bonchev–Trinajstić information content (AvgIpc) is 2.10. The predicted octanol–water partition coefficient (Wildman–Crippen LogP) is 2.83. The van der Waals surface area contributed by atoms with Crippen LogP contribution in [0.5, 0.6) is 5.88 Å². The maximum atomic E-state index is 5.84. The van der Waals surface area contributed by atoms with Crippen molar-refractivity contribution in [3.8, 4) is 5.88 Å². The maximum absolute atomic E-state index is 5.84. The molecule has 0 saturated heterocycles. The molecule has 1 rings (SSSR count). The lowest BCUT2D eigenvalue weighted by Crippen LogP contribution is -1.99. The molecule has 0 bridgehead atoms. The highest BCUT2D eigenvalue weighted by atomic mass is 35.5. The highest BCUT2D eigenvalue weighted by Crippen LogP contribution is 2.30. The highest BCUT2D eigenvalue weighted by Gasteiger charge is 2.08. The second-order valence-corrected chi connectivity index (χ2v) is 3.10. The first-order valence-electron chi connectivity index (χ1n) is 3.85. The van der Waals surface area contributed by atoms with Gasteiger partial charge in [-0.05, 0) is 13.0 Å². The number of hydrogen-bond acceptors (Lipinski definition) is 3. The summed E-state index contributed by atoms with van der Waals surface area (Å²) in [6.45, 7) is 2.39. The molecule has 0 radical (unpaired) electrons. The Bertz CT molecular complexity index is 304. The van der Waals surface area contributed by atoms with Gasteiger partial charge in [0.15, 0.2) is 0 Å². The van der Waals surface area contributed by atoms with Gasteiger partial charge in [-0.2, -0.15) is 4.98 Å². The first-order chi connectivity index (χ1) is 6.19. The minimum Gasteiger partial charge on any atom is -0.477 e. The minimum absolute atomic E-state index is 0.401. The van der Waals surface area contributed by atoms with Crippen molar-refractivity contribution in [2.75, 3.05) is 19.0 Å². The summed E-state index contributed by atoms with van der Waals surface area (Å²) in [5, 5.41) is 3.74. The van der Waals surface area contributed by atoms with Gasteiger partial charge in [-0.1, -0.05) is 23.2 Å². The Balaban J connectivity index is 3.06. The summed E-state index contributed by atoms with van der Waals surface area (Å²) < 4.78 is 5.19. The summed E-state index contributed by atoms with van der Waals surface area (Å²) in [6.07, 6.45) is 0.